The normalized spacial score (nSPS) is 18.2. The Hall–Kier alpha value is -1.61. The van der Waals surface area contributed by atoms with Crippen LogP contribution in [0.25, 0.3) is 0 Å². The van der Waals surface area contributed by atoms with Crippen LogP contribution in [-0.2, 0) is 28.1 Å². The predicted molar refractivity (Wildman–Crippen MR) is 60.6 cm³/mol. The largest absolute Gasteiger partial charge is 0.490 e. The van der Waals surface area contributed by atoms with Crippen molar-refractivity contribution in [3.8, 4) is 0 Å². The van der Waals surface area contributed by atoms with Crippen LogP contribution in [-0.4, -0.2) is 40.6 Å². The van der Waals surface area contributed by atoms with E-state index >= 15 is 0 Å². The summed E-state index contributed by atoms with van der Waals surface area (Å²) in [6.07, 6.45) is -4.49. The lowest BCUT2D eigenvalue weighted by Gasteiger charge is -2.23. The maximum atomic E-state index is 12.1. The molecule has 0 fully saturated rings. The van der Waals surface area contributed by atoms with Crippen molar-refractivity contribution in [3.05, 3.63) is 17.0 Å². The molecule has 3 N–H and O–H groups in total. The van der Waals surface area contributed by atoms with E-state index < -0.39 is 24.4 Å². The van der Waals surface area contributed by atoms with Gasteiger partial charge in [0.25, 0.3) is 0 Å². The number of aromatic amines is 1. The van der Waals surface area contributed by atoms with E-state index in [4.69, 9.17) is 0 Å². The fourth-order valence-corrected chi connectivity index (χ4v) is 2.05. The number of fused-ring (bicyclic) bond motifs is 1. The van der Waals surface area contributed by atoms with E-state index in [1.54, 1.807) is 0 Å². The molecule has 112 valence electrons. The van der Waals surface area contributed by atoms with Crippen molar-refractivity contribution in [1.82, 2.24) is 15.5 Å². The Morgan fingerprint density at radius 1 is 1.50 bits per heavy atom. The summed E-state index contributed by atoms with van der Waals surface area (Å²) >= 11 is 0. The number of H-pyrrole nitrogens is 1. The number of aliphatic hydroxyl groups is 1. The van der Waals surface area contributed by atoms with E-state index in [9.17, 15) is 23.1 Å². The molecular weight excluding hydrogens is 279 g/mol. The number of carbonyl (C=O) groups is 1. The second-order valence-corrected chi connectivity index (χ2v) is 4.80. The van der Waals surface area contributed by atoms with E-state index in [1.807, 2.05) is 0 Å². The molecule has 0 aliphatic carbocycles. The van der Waals surface area contributed by atoms with Gasteiger partial charge in [0, 0.05) is 12.1 Å². The summed E-state index contributed by atoms with van der Waals surface area (Å²) in [4.78, 5) is 10.7. The summed E-state index contributed by atoms with van der Waals surface area (Å²) < 4.78 is 40.3. The molecule has 0 aromatic carbocycles. The van der Waals surface area contributed by atoms with Gasteiger partial charge in [0.2, 0.25) is 0 Å². The van der Waals surface area contributed by atoms with Crippen LogP contribution < -0.4 is 5.32 Å². The topological polar surface area (TPSA) is 87.2 Å². The van der Waals surface area contributed by atoms with Gasteiger partial charge in [-0.3, -0.25) is 5.10 Å². The summed E-state index contributed by atoms with van der Waals surface area (Å²) in [5.74, 6) is -2.33. The third-order valence-corrected chi connectivity index (χ3v) is 3.03. The van der Waals surface area contributed by atoms with E-state index in [-0.39, 0.29) is 5.69 Å². The SMILES string of the molecule is CC(O)(COC(=O)C(F)(F)F)c1n[nH]c2c1CCNC2. The van der Waals surface area contributed by atoms with Crippen molar-refractivity contribution < 1.29 is 27.8 Å². The number of rotatable bonds is 3. The van der Waals surface area contributed by atoms with Crippen LogP contribution >= 0.6 is 0 Å². The van der Waals surface area contributed by atoms with Crippen molar-refractivity contribution in [1.29, 1.82) is 0 Å². The lowest BCUT2D eigenvalue weighted by atomic mass is 9.95. The molecule has 1 aliphatic heterocycles. The second-order valence-electron chi connectivity index (χ2n) is 4.80. The highest BCUT2D eigenvalue weighted by molar-refractivity contribution is 5.75. The number of aromatic nitrogens is 2. The minimum atomic E-state index is -5.08. The molecule has 1 atom stereocenters. The Balaban J connectivity index is 2.11. The maximum Gasteiger partial charge on any atom is 0.490 e. The Morgan fingerprint density at radius 2 is 2.20 bits per heavy atom. The van der Waals surface area contributed by atoms with Crippen molar-refractivity contribution >= 4 is 5.97 Å². The monoisotopic (exact) mass is 293 g/mol. The standard InChI is InChI=1S/C11H14F3N3O3/c1-10(19,5-20-9(18)11(12,13)14)8-6-2-3-15-4-7(6)16-17-8/h15,19H,2-5H2,1H3,(H,16,17). The number of nitrogens with zero attached hydrogens (tertiary/aromatic N) is 1. The number of hydrogen-bond donors (Lipinski definition) is 3. The molecular formula is C11H14F3N3O3. The summed E-state index contributed by atoms with van der Waals surface area (Å²) in [5.41, 5.74) is -0.0445. The first-order valence-corrected chi connectivity index (χ1v) is 5.95. The number of hydrogen-bond acceptors (Lipinski definition) is 5. The molecule has 1 aromatic heterocycles. The van der Waals surface area contributed by atoms with Crippen LogP contribution in [0.3, 0.4) is 0 Å². The lowest BCUT2D eigenvalue weighted by molar-refractivity contribution is -0.205. The van der Waals surface area contributed by atoms with Crippen LogP contribution in [0.4, 0.5) is 13.2 Å². The minimum Gasteiger partial charge on any atom is -0.456 e. The maximum absolute atomic E-state index is 12.1. The molecule has 0 saturated carbocycles. The van der Waals surface area contributed by atoms with Crippen LogP contribution in [0.5, 0.6) is 0 Å². The number of carbonyl (C=O) groups excluding carboxylic acids is 1. The van der Waals surface area contributed by atoms with Gasteiger partial charge in [-0.05, 0) is 19.9 Å². The van der Waals surface area contributed by atoms with Gasteiger partial charge in [-0.15, -0.1) is 0 Å². The minimum absolute atomic E-state index is 0.212. The summed E-state index contributed by atoms with van der Waals surface area (Å²) in [7, 11) is 0. The molecule has 1 aromatic rings. The summed E-state index contributed by atoms with van der Waals surface area (Å²) in [6, 6.07) is 0. The lowest BCUT2D eigenvalue weighted by Crippen LogP contribution is -2.35. The molecule has 9 heteroatoms. The van der Waals surface area contributed by atoms with Crippen LogP contribution in [0, 0.1) is 0 Å². The van der Waals surface area contributed by atoms with Crippen molar-refractivity contribution in [2.75, 3.05) is 13.2 Å². The summed E-state index contributed by atoms with van der Waals surface area (Å²) in [6.45, 7) is 1.67. The highest BCUT2D eigenvalue weighted by Gasteiger charge is 2.43. The molecule has 2 rings (SSSR count). The van der Waals surface area contributed by atoms with E-state index in [0.29, 0.717) is 19.5 Å². The Bertz CT molecular complexity index is 511. The van der Waals surface area contributed by atoms with Crippen LogP contribution in [0.1, 0.15) is 23.9 Å². The van der Waals surface area contributed by atoms with Crippen LogP contribution in [0.2, 0.25) is 0 Å². The fourth-order valence-electron chi connectivity index (χ4n) is 2.05. The average molecular weight is 293 g/mol. The van der Waals surface area contributed by atoms with Gasteiger partial charge in [-0.25, -0.2) is 4.79 Å². The molecule has 6 nitrogen and oxygen atoms in total. The second kappa shape index (κ2) is 5.06. The molecule has 1 aliphatic rings. The number of esters is 1. The molecule has 0 amide bonds. The molecule has 1 unspecified atom stereocenters. The third-order valence-electron chi connectivity index (χ3n) is 3.03. The van der Waals surface area contributed by atoms with Crippen molar-refractivity contribution in [2.45, 2.75) is 31.7 Å². The van der Waals surface area contributed by atoms with Gasteiger partial charge in [0.05, 0.1) is 5.69 Å². The highest BCUT2D eigenvalue weighted by Crippen LogP contribution is 2.27. The molecule has 0 spiro atoms. The molecule has 0 radical (unpaired) electrons. The Labute approximate surface area is 112 Å². The number of alkyl halides is 3. The number of halogens is 3. The third kappa shape index (κ3) is 2.93. The van der Waals surface area contributed by atoms with E-state index in [0.717, 1.165) is 11.3 Å². The smallest absolute Gasteiger partial charge is 0.456 e. The van der Waals surface area contributed by atoms with Gasteiger partial charge >= 0.3 is 12.1 Å². The first kappa shape index (κ1) is 14.8. The number of ether oxygens (including phenoxy) is 1. The van der Waals surface area contributed by atoms with Crippen molar-refractivity contribution in [3.63, 3.8) is 0 Å². The molecule has 20 heavy (non-hydrogen) atoms. The predicted octanol–water partition coefficient (Wildman–Crippen LogP) is 0.368. The molecule has 0 saturated heterocycles. The summed E-state index contributed by atoms with van der Waals surface area (Å²) in [5, 5.41) is 19.9. The van der Waals surface area contributed by atoms with Gasteiger partial charge < -0.3 is 15.2 Å². The first-order chi connectivity index (χ1) is 9.22. The van der Waals surface area contributed by atoms with Crippen molar-refractivity contribution in [2.24, 2.45) is 0 Å². The van der Waals surface area contributed by atoms with E-state index in [1.165, 1.54) is 6.92 Å². The quantitative estimate of drug-likeness (QED) is 0.701. The van der Waals surface area contributed by atoms with E-state index in [2.05, 4.69) is 20.3 Å². The Morgan fingerprint density at radius 3 is 2.85 bits per heavy atom. The molecule has 2 heterocycles. The zero-order valence-corrected chi connectivity index (χ0v) is 10.7. The molecule has 0 bridgehead atoms. The fraction of sp³-hybridized carbons (Fsp3) is 0.636. The van der Waals surface area contributed by atoms with Gasteiger partial charge in [-0.1, -0.05) is 0 Å². The first-order valence-electron chi connectivity index (χ1n) is 5.95. The zero-order chi connectivity index (χ0) is 15.0. The van der Waals surface area contributed by atoms with Gasteiger partial charge in [-0.2, -0.15) is 18.3 Å². The highest BCUT2D eigenvalue weighted by atomic mass is 19.4. The van der Waals surface area contributed by atoms with Crippen LogP contribution in [0.15, 0.2) is 0 Å². The van der Waals surface area contributed by atoms with Gasteiger partial charge in [0.15, 0.2) is 0 Å². The number of nitrogens with one attached hydrogen (secondary N) is 2. The van der Waals surface area contributed by atoms with Gasteiger partial charge in [0.1, 0.15) is 17.9 Å². The Kier molecular flexibility index (Phi) is 3.74. The average Bonchev–Trinajstić information content (AvgIpc) is 2.79. The zero-order valence-electron chi connectivity index (χ0n) is 10.7.